The van der Waals surface area contributed by atoms with Gasteiger partial charge in [0.2, 0.25) is 0 Å². The highest BCUT2D eigenvalue weighted by Gasteiger charge is 2.30. The van der Waals surface area contributed by atoms with Crippen LogP contribution in [0, 0.1) is 0 Å². The number of rotatable bonds is 4. The number of nitrogens with one attached hydrogen (secondary N) is 1. The highest BCUT2D eigenvalue weighted by molar-refractivity contribution is 7.11. The quantitative estimate of drug-likeness (QED) is 0.849. The van der Waals surface area contributed by atoms with Crippen molar-refractivity contribution in [1.82, 2.24) is 10.3 Å². The molecule has 1 N–H and O–H groups in total. The SMILES string of the molecule is CC(C)c1ncc(CNC2(C)CCC2)s1. The molecule has 1 fully saturated rings. The number of aromatic nitrogens is 1. The van der Waals surface area contributed by atoms with Crippen LogP contribution >= 0.6 is 11.3 Å². The van der Waals surface area contributed by atoms with Gasteiger partial charge in [0.1, 0.15) is 0 Å². The average Bonchev–Trinajstić information content (AvgIpc) is 2.60. The van der Waals surface area contributed by atoms with E-state index in [-0.39, 0.29) is 0 Å². The van der Waals surface area contributed by atoms with Gasteiger partial charge in [0.25, 0.3) is 0 Å². The van der Waals surface area contributed by atoms with Gasteiger partial charge in [-0.2, -0.15) is 0 Å². The van der Waals surface area contributed by atoms with Crippen molar-refractivity contribution in [3.05, 3.63) is 16.1 Å². The summed E-state index contributed by atoms with van der Waals surface area (Å²) in [5, 5.41) is 4.89. The molecule has 3 heteroatoms. The minimum absolute atomic E-state index is 0.405. The Hall–Kier alpha value is -0.410. The minimum atomic E-state index is 0.405. The van der Waals surface area contributed by atoms with Crippen LogP contribution in [0.15, 0.2) is 6.20 Å². The lowest BCUT2D eigenvalue weighted by atomic mass is 9.78. The Morgan fingerprint density at radius 2 is 2.27 bits per heavy atom. The first kappa shape index (κ1) is 11.1. The standard InChI is InChI=1S/C12H20N2S/c1-9(2)11-13-7-10(15-11)8-14-12(3)5-4-6-12/h7,9,14H,4-6,8H2,1-3H3. The van der Waals surface area contributed by atoms with Gasteiger partial charge >= 0.3 is 0 Å². The lowest BCUT2D eigenvalue weighted by molar-refractivity contribution is 0.207. The summed E-state index contributed by atoms with van der Waals surface area (Å²) in [6.07, 6.45) is 6.05. The Kier molecular flexibility index (Phi) is 3.12. The summed E-state index contributed by atoms with van der Waals surface area (Å²) in [6.45, 7) is 7.70. The molecule has 0 atom stereocenters. The summed E-state index contributed by atoms with van der Waals surface area (Å²) in [7, 11) is 0. The molecule has 1 aromatic heterocycles. The Morgan fingerprint density at radius 3 is 2.73 bits per heavy atom. The Morgan fingerprint density at radius 1 is 1.53 bits per heavy atom. The average molecular weight is 224 g/mol. The van der Waals surface area contributed by atoms with Gasteiger partial charge in [0.15, 0.2) is 0 Å². The Bertz CT molecular complexity index is 326. The van der Waals surface area contributed by atoms with Gasteiger partial charge in [-0.15, -0.1) is 11.3 Å². The van der Waals surface area contributed by atoms with Crippen LogP contribution in [0.1, 0.15) is 55.8 Å². The molecule has 2 rings (SSSR count). The molecule has 1 aliphatic rings. The predicted octanol–water partition coefficient (Wildman–Crippen LogP) is 3.30. The monoisotopic (exact) mass is 224 g/mol. The summed E-state index contributed by atoms with van der Waals surface area (Å²) in [5.74, 6) is 0.558. The van der Waals surface area contributed by atoms with E-state index in [4.69, 9.17) is 0 Å². The minimum Gasteiger partial charge on any atom is -0.307 e. The van der Waals surface area contributed by atoms with Crippen LogP contribution in [0.3, 0.4) is 0 Å². The highest BCUT2D eigenvalue weighted by atomic mass is 32.1. The maximum absolute atomic E-state index is 4.44. The van der Waals surface area contributed by atoms with E-state index in [1.54, 1.807) is 0 Å². The molecule has 0 aromatic carbocycles. The first-order valence-electron chi connectivity index (χ1n) is 5.79. The lowest BCUT2D eigenvalue weighted by Crippen LogP contribution is -2.47. The van der Waals surface area contributed by atoms with Crippen molar-refractivity contribution < 1.29 is 0 Å². The number of hydrogen-bond acceptors (Lipinski definition) is 3. The van der Waals surface area contributed by atoms with E-state index in [1.165, 1.54) is 29.1 Å². The molecule has 15 heavy (non-hydrogen) atoms. The zero-order chi connectivity index (χ0) is 10.9. The molecule has 0 radical (unpaired) electrons. The van der Waals surface area contributed by atoms with E-state index in [9.17, 15) is 0 Å². The molecule has 2 nitrogen and oxygen atoms in total. The second-order valence-electron chi connectivity index (χ2n) is 5.09. The van der Waals surface area contributed by atoms with Crippen LogP contribution in [-0.4, -0.2) is 10.5 Å². The first-order valence-corrected chi connectivity index (χ1v) is 6.60. The van der Waals surface area contributed by atoms with Crippen molar-refractivity contribution in [2.24, 2.45) is 0 Å². The molecule has 0 aliphatic heterocycles. The molecule has 1 aliphatic carbocycles. The fourth-order valence-corrected chi connectivity index (χ4v) is 2.72. The molecular weight excluding hydrogens is 204 g/mol. The molecular formula is C12H20N2S. The van der Waals surface area contributed by atoms with Crippen LogP contribution in [0.5, 0.6) is 0 Å². The fourth-order valence-electron chi connectivity index (χ4n) is 1.86. The van der Waals surface area contributed by atoms with Gasteiger partial charge in [-0.05, 0) is 26.2 Å². The molecule has 0 unspecified atom stereocenters. The molecule has 84 valence electrons. The second kappa shape index (κ2) is 4.22. The van der Waals surface area contributed by atoms with Gasteiger partial charge in [0.05, 0.1) is 5.01 Å². The summed E-state index contributed by atoms with van der Waals surface area (Å²) >= 11 is 1.84. The maximum Gasteiger partial charge on any atom is 0.0953 e. The third kappa shape index (κ3) is 2.58. The number of thiazole rings is 1. The Labute approximate surface area is 96.1 Å². The number of hydrogen-bond donors (Lipinski definition) is 1. The van der Waals surface area contributed by atoms with Gasteiger partial charge in [-0.25, -0.2) is 4.98 Å². The van der Waals surface area contributed by atoms with Gasteiger partial charge in [-0.3, -0.25) is 0 Å². The first-order chi connectivity index (χ1) is 7.09. The van der Waals surface area contributed by atoms with Gasteiger partial charge in [0, 0.05) is 29.1 Å². The normalized spacial score (nSPS) is 19.2. The molecule has 1 saturated carbocycles. The van der Waals surface area contributed by atoms with Crippen LogP contribution < -0.4 is 5.32 Å². The predicted molar refractivity (Wildman–Crippen MR) is 65.3 cm³/mol. The highest BCUT2D eigenvalue weighted by Crippen LogP contribution is 2.31. The fraction of sp³-hybridized carbons (Fsp3) is 0.750. The van der Waals surface area contributed by atoms with Gasteiger partial charge < -0.3 is 5.32 Å². The van der Waals surface area contributed by atoms with E-state index >= 15 is 0 Å². The molecule has 1 aromatic rings. The zero-order valence-corrected chi connectivity index (χ0v) is 10.7. The molecule has 0 saturated heterocycles. The van der Waals surface area contributed by atoms with Crippen molar-refractivity contribution in [1.29, 1.82) is 0 Å². The van der Waals surface area contributed by atoms with Crippen LogP contribution in [0.2, 0.25) is 0 Å². The summed E-state index contributed by atoms with van der Waals surface area (Å²) < 4.78 is 0. The van der Waals surface area contributed by atoms with Crippen LogP contribution in [-0.2, 0) is 6.54 Å². The van der Waals surface area contributed by atoms with Crippen molar-refractivity contribution in [3.63, 3.8) is 0 Å². The molecule has 0 bridgehead atoms. The largest absolute Gasteiger partial charge is 0.307 e. The maximum atomic E-state index is 4.44. The van der Waals surface area contributed by atoms with Crippen molar-refractivity contribution in [3.8, 4) is 0 Å². The van der Waals surface area contributed by atoms with Crippen LogP contribution in [0.25, 0.3) is 0 Å². The molecule has 0 spiro atoms. The number of nitrogens with zero attached hydrogens (tertiary/aromatic N) is 1. The smallest absolute Gasteiger partial charge is 0.0953 e. The van der Waals surface area contributed by atoms with Gasteiger partial charge in [-0.1, -0.05) is 13.8 Å². The van der Waals surface area contributed by atoms with Crippen molar-refractivity contribution >= 4 is 11.3 Å². The van der Waals surface area contributed by atoms with E-state index in [2.05, 4.69) is 31.1 Å². The van der Waals surface area contributed by atoms with Crippen molar-refractivity contribution in [2.75, 3.05) is 0 Å². The lowest BCUT2D eigenvalue weighted by Gasteiger charge is -2.39. The second-order valence-corrected chi connectivity index (χ2v) is 6.23. The van der Waals surface area contributed by atoms with E-state index in [0.29, 0.717) is 11.5 Å². The van der Waals surface area contributed by atoms with E-state index < -0.39 is 0 Å². The summed E-state index contributed by atoms with van der Waals surface area (Å²) in [5.41, 5.74) is 0.405. The van der Waals surface area contributed by atoms with Crippen molar-refractivity contribution in [2.45, 2.75) is 58.0 Å². The van der Waals surface area contributed by atoms with E-state index in [0.717, 1.165) is 6.54 Å². The molecule has 1 heterocycles. The zero-order valence-electron chi connectivity index (χ0n) is 9.84. The third-order valence-corrected chi connectivity index (χ3v) is 4.51. The Balaban J connectivity index is 1.88. The van der Waals surface area contributed by atoms with Crippen LogP contribution in [0.4, 0.5) is 0 Å². The third-order valence-electron chi connectivity index (χ3n) is 3.21. The summed E-state index contributed by atoms with van der Waals surface area (Å²) in [6, 6.07) is 0. The molecule has 0 amide bonds. The van der Waals surface area contributed by atoms with E-state index in [1.807, 2.05) is 17.5 Å². The summed E-state index contributed by atoms with van der Waals surface area (Å²) in [4.78, 5) is 5.81. The topological polar surface area (TPSA) is 24.9 Å².